The molecule has 1 fully saturated rings. The monoisotopic (exact) mass is 402 g/mol. The molecule has 1 saturated carbocycles. The molecule has 9 heteroatoms. The Kier molecular flexibility index (Phi) is 6.52. The van der Waals surface area contributed by atoms with Crippen molar-refractivity contribution in [1.82, 2.24) is 15.0 Å². The van der Waals surface area contributed by atoms with Crippen LogP contribution >= 0.6 is 0 Å². The lowest BCUT2D eigenvalue weighted by Crippen LogP contribution is -2.22. The highest BCUT2D eigenvalue weighted by atomic mass is 19.4. The molecular formula is C19H26F4N4O. The SMILES string of the molecule is C[C@@H](CCc1nc(NC2CCCC2)nc(C2=C(F)C(O)CCC2)n1)C(F)(F)F. The van der Waals surface area contributed by atoms with Crippen molar-refractivity contribution in [2.75, 3.05) is 5.32 Å². The van der Waals surface area contributed by atoms with Gasteiger partial charge in [-0.15, -0.1) is 0 Å². The summed E-state index contributed by atoms with van der Waals surface area (Å²) in [5, 5.41) is 13.0. The molecule has 1 aromatic rings. The number of aliphatic hydroxyl groups is 1. The van der Waals surface area contributed by atoms with Gasteiger partial charge in [0, 0.05) is 18.0 Å². The Bertz CT molecular complexity index is 716. The van der Waals surface area contributed by atoms with Gasteiger partial charge in [0.05, 0.1) is 5.92 Å². The zero-order valence-corrected chi connectivity index (χ0v) is 15.9. The zero-order valence-electron chi connectivity index (χ0n) is 15.9. The third-order valence-corrected chi connectivity index (χ3v) is 5.48. The van der Waals surface area contributed by atoms with Gasteiger partial charge in [0.15, 0.2) is 5.82 Å². The lowest BCUT2D eigenvalue weighted by molar-refractivity contribution is -0.171. The first kappa shape index (κ1) is 21.0. The normalized spacial score (nSPS) is 22.6. The van der Waals surface area contributed by atoms with Crippen LogP contribution in [0.1, 0.15) is 69.9 Å². The predicted octanol–water partition coefficient (Wildman–Crippen LogP) is 4.58. The Labute approximate surface area is 161 Å². The summed E-state index contributed by atoms with van der Waals surface area (Å²) in [6.07, 6.45) is -0.140. The van der Waals surface area contributed by atoms with Crippen molar-refractivity contribution in [1.29, 1.82) is 0 Å². The Balaban J connectivity index is 1.86. The number of halogens is 4. The van der Waals surface area contributed by atoms with Crippen molar-refractivity contribution in [2.45, 2.75) is 83.0 Å². The fourth-order valence-electron chi connectivity index (χ4n) is 3.63. The summed E-state index contributed by atoms with van der Waals surface area (Å²) in [6, 6.07) is 0.202. The minimum absolute atomic E-state index is 0.0208. The Hall–Kier alpha value is -1.77. The number of allylic oxidation sites excluding steroid dienone is 1. The van der Waals surface area contributed by atoms with E-state index in [1.165, 1.54) is 0 Å². The van der Waals surface area contributed by atoms with Crippen molar-refractivity contribution in [2.24, 2.45) is 5.92 Å². The number of hydrogen-bond donors (Lipinski definition) is 2. The van der Waals surface area contributed by atoms with E-state index in [0.717, 1.165) is 32.6 Å². The number of aryl methyl sites for hydroxylation is 1. The van der Waals surface area contributed by atoms with Crippen LogP contribution in [0.2, 0.25) is 0 Å². The van der Waals surface area contributed by atoms with Gasteiger partial charge >= 0.3 is 6.18 Å². The molecule has 2 N–H and O–H groups in total. The minimum Gasteiger partial charge on any atom is -0.386 e. The van der Waals surface area contributed by atoms with Gasteiger partial charge < -0.3 is 10.4 Å². The molecule has 0 aromatic carbocycles. The van der Waals surface area contributed by atoms with Crippen LogP contribution in [0.4, 0.5) is 23.5 Å². The predicted molar refractivity (Wildman–Crippen MR) is 97.1 cm³/mol. The van der Waals surface area contributed by atoms with Crippen LogP contribution < -0.4 is 5.32 Å². The molecule has 0 bridgehead atoms. The van der Waals surface area contributed by atoms with Gasteiger partial charge in [0.1, 0.15) is 17.8 Å². The summed E-state index contributed by atoms with van der Waals surface area (Å²) in [6.45, 7) is 1.12. The number of aliphatic hydroxyl groups excluding tert-OH is 1. The molecule has 1 heterocycles. The van der Waals surface area contributed by atoms with E-state index in [0.29, 0.717) is 19.3 Å². The molecule has 1 unspecified atom stereocenters. The Morgan fingerprint density at radius 2 is 1.82 bits per heavy atom. The molecule has 5 nitrogen and oxygen atoms in total. The molecule has 0 radical (unpaired) electrons. The molecule has 28 heavy (non-hydrogen) atoms. The summed E-state index contributed by atoms with van der Waals surface area (Å²) < 4.78 is 52.9. The zero-order chi connectivity index (χ0) is 20.3. The summed E-state index contributed by atoms with van der Waals surface area (Å²) in [4.78, 5) is 12.8. The molecule has 0 spiro atoms. The highest BCUT2D eigenvalue weighted by Crippen LogP contribution is 2.33. The van der Waals surface area contributed by atoms with Gasteiger partial charge in [-0.3, -0.25) is 0 Å². The maximum Gasteiger partial charge on any atom is 0.391 e. The van der Waals surface area contributed by atoms with Crippen molar-refractivity contribution in [3.8, 4) is 0 Å². The maximum absolute atomic E-state index is 14.4. The highest BCUT2D eigenvalue weighted by Gasteiger charge is 2.35. The lowest BCUT2D eigenvalue weighted by Gasteiger charge is -2.20. The van der Waals surface area contributed by atoms with Gasteiger partial charge in [-0.25, -0.2) is 9.37 Å². The molecular weight excluding hydrogens is 376 g/mol. The van der Waals surface area contributed by atoms with E-state index in [4.69, 9.17) is 0 Å². The first-order chi connectivity index (χ1) is 13.2. The fourth-order valence-corrected chi connectivity index (χ4v) is 3.63. The average molecular weight is 402 g/mol. The number of nitrogens with zero attached hydrogens (tertiary/aromatic N) is 3. The third kappa shape index (κ3) is 5.18. The molecule has 0 aliphatic heterocycles. The van der Waals surface area contributed by atoms with Crippen LogP contribution in [0.3, 0.4) is 0 Å². The van der Waals surface area contributed by atoms with Crippen molar-refractivity contribution in [3.05, 3.63) is 17.5 Å². The van der Waals surface area contributed by atoms with Gasteiger partial charge in [0.2, 0.25) is 5.95 Å². The second-order valence-corrected chi connectivity index (χ2v) is 7.74. The minimum atomic E-state index is -4.27. The molecule has 0 amide bonds. The van der Waals surface area contributed by atoms with Gasteiger partial charge in [-0.1, -0.05) is 19.8 Å². The molecule has 3 rings (SSSR count). The van der Waals surface area contributed by atoms with Gasteiger partial charge in [-0.2, -0.15) is 23.1 Å². The number of aromatic nitrogens is 3. The second-order valence-electron chi connectivity index (χ2n) is 7.74. The maximum atomic E-state index is 14.4. The molecule has 1 aromatic heterocycles. The number of rotatable bonds is 6. The van der Waals surface area contributed by atoms with Gasteiger partial charge in [-0.05, 0) is 38.5 Å². The third-order valence-electron chi connectivity index (χ3n) is 5.48. The van der Waals surface area contributed by atoms with Crippen LogP contribution in [-0.2, 0) is 6.42 Å². The van der Waals surface area contributed by atoms with E-state index in [1.54, 1.807) is 0 Å². The van der Waals surface area contributed by atoms with E-state index in [2.05, 4.69) is 20.3 Å². The molecule has 2 atom stereocenters. The van der Waals surface area contributed by atoms with Crippen LogP contribution in [0.25, 0.3) is 5.57 Å². The highest BCUT2D eigenvalue weighted by molar-refractivity contribution is 5.64. The first-order valence-corrected chi connectivity index (χ1v) is 9.89. The number of nitrogens with one attached hydrogen (secondary N) is 1. The number of alkyl halides is 3. The molecule has 0 saturated heterocycles. The Morgan fingerprint density at radius 1 is 1.11 bits per heavy atom. The largest absolute Gasteiger partial charge is 0.391 e. The fraction of sp³-hybridized carbons (Fsp3) is 0.737. The van der Waals surface area contributed by atoms with E-state index < -0.39 is 24.0 Å². The van der Waals surface area contributed by atoms with Crippen LogP contribution in [-0.4, -0.2) is 38.4 Å². The average Bonchev–Trinajstić information content (AvgIpc) is 3.14. The molecule has 156 valence electrons. The van der Waals surface area contributed by atoms with Crippen molar-refractivity contribution in [3.63, 3.8) is 0 Å². The van der Waals surface area contributed by atoms with Crippen LogP contribution in [0.15, 0.2) is 5.83 Å². The first-order valence-electron chi connectivity index (χ1n) is 9.89. The molecule has 2 aliphatic carbocycles. The summed E-state index contributed by atoms with van der Waals surface area (Å²) in [5.41, 5.74) is 0.223. The van der Waals surface area contributed by atoms with E-state index in [9.17, 15) is 22.7 Å². The van der Waals surface area contributed by atoms with E-state index >= 15 is 0 Å². The molecule has 2 aliphatic rings. The topological polar surface area (TPSA) is 70.9 Å². The van der Waals surface area contributed by atoms with E-state index in [-0.39, 0.29) is 42.1 Å². The quantitative estimate of drug-likeness (QED) is 0.682. The van der Waals surface area contributed by atoms with E-state index in [1.807, 2.05) is 0 Å². The van der Waals surface area contributed by atoms with Crippen LogP contribution in [0.5, 0.6) is 0 Å². The Morgan fingerprint density at radius 3 is 2.50 bits per heavy atom. The summed E-state index contributed by atoms with van der Waals surface area (Å²) in [5.74, 6) is -1.54. The number of anilines is 1. The van der Waals surface area contributed by atoms with Crippen molar-refractivity contribution >= 4 is 11.5 Å². The summed E-state index contributed by atoms with van der Waals surface area (Å²) in [7, 11) is 0. The number of hydrogen-bond acceptors (Lipinski definition) is 5. The van der Waals surface area contributed by atoms with Crippen LogP contribution in [0, 0.1) is 5.92 Å². The lowest BCUT2D eigenvalue weighted by atomic mass is 9.95. The van der Waals surface area contributed by atoms with Gasteiger partial charge in [0.25, 0.3) is 0 Å². The summed E-state index contributed by atoms with van der Waals surface area (Å²) >= 11 is 0. The van der Waals surface area contributed by atoms with Crippen molar-refractivity contribution < 1.29 is 22.7 Å². The second kappa shape index (κ2) is 8.71. The standard InChI is InChI=1S/C19H26F4N4O/c1-11(19(21,22)23)9-10-15-25-17(13-7-4-8-14(28)16(13)20)27-18(26-15)24-12-5-2-3-6-12/h11-12,14,28H,2-10H2,1H3,(H,24,25,26,27)/t11-,14?/m0/s1. The smallest absolute Gasteiger partial charge is 0.386 e.